The molecule has 0 amide bonds. The molecule has 1 unspecified atom stereocenters. The maximum atomic E-state index is 5.82. The van der Waals surface area contributed by atoms with E-state index in [-0.39, 0.29) is 6.10 Å². The molecule has 1 heterocycles. The summed E-state index contributed by atoms with van der Waals surface area (Å²) in [5, 5.41) is 0. The highest BCUT2D eigenvalue weighted by atomic mass is 16.5. The molecule has 0 spiro atoms. The molecule has 1 aliphatic heterocycles. The number of methoxy groups -OCH3 is 1. The van der Waals surface area contributed by atoms with Gasteiger partial charge in [-0.25, -0.2) is 0 Å². The molecule has 1 aromatic rings. The Balaban J connectivity index is 2.42. The van der Waals surface area contributed by atoms with Crippen LogP contribution in [0.4, 0.5) is 0 Å². The molecule has 16 heavy (non-hydrogen) atoms. The van der Waals surface area contributed by atoms with Crippen LogP contribution >= 0.6 is 0 Å². The molecule has 0 radical (unpaired) electrons. The van der Waals surface area contributed by atoms with Gasteiger partial charge in [0.1, 0.15) is 11.9 Å². The minimum absolute atomic E-state index is 0.0448. The minimum Gasteiger partial charge on any atom is -0.497 e. The highest BCUT2D eigenvalue weighted by Gasteiger charge is 2.20. The minimum atomic E-state index is 0.0448. The zero-order valence-corrected chi connectivity index (χ0v) is 9.95. The van der Waals surface area contributed by atoms with Crippen molar-refractivity contribution in [2.75, 3.05) is 13.7 Å². The smallest absolute Gasteiger partial charge is 0.119 e. The van der Waals surface area contributed by atoms with Crippen molar-refractivity contribution in [3.05, 3.63) is 41.5 Å². The zero-order chi connectivity index (χ0) is 11.5. The number of fused-ring (bicyclic) bond motifs is 1. The molecule has 0 N–H and O–H groups in total. The quantitative estimate of drug-likeness (QED) is 0.709. The highest BCUT2D eigenvalue weighted by Crippen LogP contribution is 2.33. The predicted octanol–water partition coefficient (Wildman–Crippen LogP) is 3.28. The van der Waals surface area contributed by atoms with Gasteiger partial charge in [0.05, 0.1) is 7.11 Å². The molecule has 86 valence electrons. The van der Waals surface area contributed by atoms with Crippen molar-refractivity contribution in [3.63, 3.8) is 0 Å². The van der Waals surface area contributed by atoms with Gasteiger partial charge in [0.15, 0.2) is 0 Å². The van der Waals surface area contributed by atoms with E-state index >= 15 is 0 Å². The topological polar surface area (TPSA) is 18.5 Å². The van der Waals surface area contributed by atoms with E-state index < -0.39 is 0 Å². The molecule has 0 aliphatic carbocycles. The van der Waals surface area contributed by atoms with Crippen LogP contribution in [0, 0.1) is 0 Å². The summed E-state index contributed by atoms with van der Waals surface area (Å²) >= 11 is 0. The molecule has 0 bridgehead atoms. The molecule has 0 aromatic heterocycles. The van der Waals surface area contributed by atoms with Crippen molar-refractivity contribution in [1.82, 2.24) is 0 Å². The SMILES string of the molecule is C=C(C)C1OCCCc2cc(OC)ccc21. The molecule has 0 saturated carbocycles. The first kappa shape index (κ1) is 11.2. The summed E-state index contributed by atoms with van der Waals surface area (Å²) in [5.74, 6) is 0.918. The van der Waals surface area contributed by atoms with Crippen molar-refractivity contribution < 1.29 is 9.47 Å². The average molecular weight is 218 g/mol. The van der Waals surface area contributed by atoms with Gasteiger partial charge in [-0.15, -0.1) is 0 Å². The van der Waals surface area contributed by atoms with Crippen LogP contribution in [-0.4, -0.2) is 13.7 Å². The van der Waals surface area contributed by atoms with Gasteiger partial charge in [0.2, 0.25) is 0 Å². The van der Waals surface area contributed by atoms with Crippen molar-refractivity contribution in [3.8, 4) is 5.75 Å². The number of benzene rings is 1. The lowest BCUT2D eigenvalue weighted by molar-refractivity contribution is 0.0818. The first-order valence-electron chi connectivity index (χ1n) is 5.66. The largest absolute Gasteiger partial charge is 0.497 e. The van der Waals surface area contributed by atoms with Crippen LogP contribution in [0.5, 0.6) is 5.75 Å². The second-order valence-electron chi connectivity index (χ2n) is 4.27. The Morgan fingerprint density at radius 2 is 2.31 bits per heavy atom. The van der Waals surface area contributed by atoms with E-state index in [0.29, 0.717) is 0 Å². The van der Waals surface area contributed by atoms with Gasteiger partial charge in [0.25, 0.3) is 0 Å². The predicted molar refractivity (Wildman–Crippen MR) is 64.8 cm³/mol. The van der Waals surface area contributed by atoms with Crippen molar-refractivity contribution in [2.45, 2.75) is 25.9 Å². The Bertz CT molecular complexity index is 396. The number of ether oxygens (including phenoxy) is 2. The molecule has 0 fully saturated rings. The van der Waals surface area contributed by atoms with Crippen molar-refractivity contribution in [2.24, 2.45) is 0 Å². The molecular weight excluding hydrogens is 200 g/mol. The summed E-state index contributed by atoms with van der Waals surface area (Å²) in [4.78, 5) is 0. The molecule has 1 aliphatic rings. The number of rotatable bonds is 2. The van der Waals surface area contributed by atoms with Gasteiger partial charge >= 0.3 is 0 Å². The van der Waals surface area contributed by atoms with E-state index in [4.69, 9.17) is 9.47 Å². The summed E-state index contributed by atoms with van der Waals surface area (Å²) in [6.07, 6.45) is 2.16. The van der Waals surface area contributed by atoms with E-state index in [1.54, 1.807) is 7.11 Å². The van der Waals surface area contributed by atoms with E-state index in [2.05, 4.69) is 18.7 Å². The fourth-order valence-corrected chi connectivity index (χ4v) is 2.14. The molecule has 1 aromatic carbocycles. The summed E-state index contributed by atoms with van der Waals surface area (Å²) < 4.78 is 11.1. The third-order valence-electron chi connectivity index (χ3n) is 2.96. The Morgan fingerprint density at radius 1 is 1.50 bits per heavy atom. The van der Waals surface area contributed by atoms with Gasteiger partial charge in [-0.05, 0) is 48.6 Å². The van der Waals surface area contributed by atoms with Crippen LogP contribution in [0.2, 0.25) is 0 Å². The Labute approximate surface area is 96.9 Å². The molecular formula is C14H18O2. The first-order valence-corrected chi connectivity index (χ1v) is 5.66. The molecule has 0 saturated heterocycles. The lowest BCUT2D eigenvalue weighted by Gasteiger charge is -2.18. The molecule has 2 rings (SSSR count). The summed E-state index contributed by atoms with van der Waals surface area (Å²) in [6, 6.07) is 6.20. The van der Waals surface area contributed by atoms with Gasteiger partial charge in [-0.3, -0.25) is 0 Å². The van der Waals surface area contributed by atoms with Crippen LogP contribution in [0.25, 0.3) is 0 Å². The van der Waals surface area contributed by atoms with Gasteiger partial charge in [-0.1, -0.05) is 12.6 Å². The maximum Gasteiger partial charge on any atom is 0.119 e. The lowest BCUT2D eigenvalue weighted by atomic mass is 9.96. The number of hydrogen-bond donors (Lipinski definition) is 0. The van der Waals surface area contributed by atoms with Crippen molar-refractivity contribution >= 4 is 0 Å². The fourth-order valence-electron chi connectivity index (χ4n) is 2.14. The lowest BCUT2D eigenvalue weighted by Crippen LogP contribution is -2.05. The first-order chi connectivity index (χ1) is 7.72. The van der Waals surface area contributed by atoms with E-state index in [0.717, 1.165) is 30.8 Å². The Hall–Kier alpha value is -1.28. The Morgan fingerprint density at radius 3 is 3.00 bits per heavy atom. The average Bonchev–Trinajstić information content (AvgIpc) is 2.49. The Kier molecular flexibility index (Phi) is 3.30. The standard InChI is InChI=1S/C14H18O2/c1-10(2)14-13-7-6-12(15-3)9-11(13)5-4-8-16-14/h6-7,9,14H,1,4-5,8H2,2-3H3. The van der Waals surface area contributed by atoms with Crippen LogP contribution < -0.4 is 4.74 Å². The van der Waals surface area contributed by atoms with E-state index in [9.17, 15) is 0 Å². The summed E-state index contributed by atoms with van der Waals surface area (Å²) in [6.45, 7) is 6.82. The number of hydrogen-bond acceptors (Lipinski definition) is 2. The monoisotopic (exact) mass is 218 g/mol. The van der Waals surface area contributed by atoms with Gasteiger partial charge < -0.3 is 9.47 Å². The highest BCUT2D eigenvalue weighted by molar-refractivity contribution is 5.40. The molecule has 2 heteroatoms. The molecule has 2 nitrogen and oxygen atoms in total. The third kappa shape index (κ3) is 2.12. The van der Waals surface area contributed by atoms with Crippen LogP contribution in [-0.2, 0) is 11.2 Å². The maximum absolute atomic E-state index is 5.82. The van der Waals surface area contributed by atoms with Crippen LogP contribution in [0.15, 0.2) is 30.4 Å². The van der Waals surface area contributed by atoms with Crippen molar-refractivity contribution in [1.29, 1.82) is 0 Å². The fraction of sp³-hybridized carbons (Fsp3) is 0.429. The summed E-state index contributed by atoms with van der Waals surface area (Å²) in [7, 11) is 1.70. The van der Waals surface area contributed by atoms with E-state index in [1.807, 2.05) is 13.0 Å². The third-order valence-corrected chi connectivity index (χ3v) is 2.96. The normalized spacial score (nSPS) is 19.8. The number of aryl methyl sites for hydroxylation is 1. The summed E-state index contributed by atoms with van der Waals surface area (Å²) in [5.41, 5.74) is 3.63. The van der Waals surface area contributed by atoms with Gasteiger partial charge in [0, 0.05) is 6.61 Å². The van der Waals surface area contributed by atoms with Crippen LogP contribution in [0.1, 0.15) is 30.6 Å². The van der Waals surface area contributed by atoms with Gasteiger partial charge in [-0.2, -0.15) is 0 Å². The second kappa shape index (κ2) is 4.71. The van der Waals surface area contributed by atoms with Crippen LogP contribution in [0.3, 0.4) is 0 Å². The second-order valence-corrected chi connectivity index (χ2v) is 4.27. The zero-order valence-electron chi connectivity index (χ0n) is 9.95. The molecule has 1 atom stereocenters. The van der Waals surface area contributed by atoms with E-state index in [1.165, 1.54) is 11.1 Å².